The monoisotopic (exact) mass is 292 g/mol. The summed E-state index contributed by atoms with van der Waals surface area (Å²) in [6.07, 6.45) is 0. The molecule has 0 fully saturated rings. The highest BCUT2D eigenvalue weighted by Crippen LogP contribution is 2.18. The molecule has 17 heavy (non-hydrogen) atoms. The molecule has 0 saturated carbocycles. The van der Waals surface area contributed by atoms with Gasteiger partial charge in [-0.25, -0.2) is 4.98 Å². The van der Waals surface area contributed by atoms with Crippen molar-refractivity contribution < 1.29 is 4.74 Å². The largest absolute Gasteiger partial charge is 0.496 e. The molecule has 0 unspecified atom stereocenters. The average Bonchev–Trinajstić information content (AvgIpc) is 2.37. The van der Waals surface area contributed by atoms with Gasteiger partial charge in [0.15, 0.2) is 0 Å². The number of ether oxygens (including phenoxy) is 1. The van der Waals surface area contributed by atoms with Crippen LogP contribution in [0.3, 0.4) is 0 Å². The molecule has 1 heterocycles. The SMILES string of the molecule is COc1ccccc1CNc1cccc(Br)n1. The number of nitrogens with one attached hydrogen (secondary N) is 1. The van der Waals surface area contributed by atoms with E-state index in [-0.39, 0.29) is 0 Å². The molecule has 3 nitrogen and oxygen atoms in total. The van der Waals surface area contributed by atoms with Crippen LogP contribution in [0.4, 0.5) is 5.82 Å². The lowest BCUT2D eigenvalue weighted by Gasteiger charge is -2.09. The summed E-state index contributed by atoms with van der Waals surface area (Å²) in [6, 6.07) is 13.7. The zero-order valence-electron chi connectivity index (χ0n) is 9.48. The number of nitrogens with zero attached hydrogens (tertiary/aromatic N) is 1. The van der Waals surface area contributed by atoms with Crippen molar-refractivity contribution in [2.45, 2.75) is 6.54 Å². The molecule has 1 N–H and O–H groups in total. The van der Waals surface area contributed by atoms with Crippen LogP contribution < -0.4 is 10.1 Å². The number of halogens is 1. The number of benzene rings is 1. The molecule has 2 rings (SSSR count). The van der Waals surface area contributed by atoms with E-state index in [0.29, 0.717) is 6.54 Å². The molecule has 1 aromatic carbocycles. The molecular weight excluding hydrogens is 280 g/mol. The fraction of sp³-hybridized carbons (Fsp3) is 0.154. The van der Waals surface area contributed by atoms with E-state index >= 15 is 0 Å². The lowest BCUT2D eigenvalue weighted by atomic mass is 10.2. The summed E-state index contributed by atoms with van der Waals surface area (Å²) < 4.78 is 6.11. The summed E-state index contributed by atoms with van der Waals surface area (Å²) in [5.74, 6) is 1.72. The Morgan fingerprint density at radius 3 is 2.76 bits per heavy atom. The van der Waals surface area contributed by atoms with E-state index in [9.17, 15) is 0 Å². The maximum Gasteiger partial charge on any atom is 0.127 e. The summed E-state index contributed by atoms with van der Waals surface area (Å²) in [4.78, 5) is 4.31. The van der Waals surface area contributed by atoms with Crippen LogP contribution in [-0.4, -0.2) is 12.1 Å². The predicted octanol–water partition coefficient (Wildman–Crippen LogP) is 3.46. The zero-order valence-corrected chi connectivity index (χ0v) is 11.1. The molecule has 0 aliphatic rings. The molecule has 4 heteroatoms. The number of methoxy groups -OCH3 is 1. The third-order valence-electron chi connectivity index (χ3n) is 2.37. The summed E-state index contributed by atoms with van der Waals surface area (Å²) in [5, 5.41) is 3.26. The Hall–Kier alpha value is -1.55. The standard InChI is InChI=1S/C13H13BrN2O/c1-17-11-6-3-2-5-10(11)9-15-13-8-4-7-12(14)16-13/h2-8H,9H2,1H3,(H,15,16). The Balaban J connectivity index is 2.07. The van der Waals surface area contributed by atoms with Crippen molar-refractivity contribution in [1.82, 2.24) is 4.98 Å². The number of rotatable bonds is 4. The second kappa shape index (κ2) is 5.68. The highest BCUT2D eigenvalue weighted by atomic mass is 79.9. The summed E-state index contributed by atoms with van der Waals surface area (Å²) in [6.45, 7) is 0.688. The average molecular weight is 293 g/mol. The van der Waals surface area contributed by atoms with Crippen molar-refractivity contribution in [1.29, 1.82) is 0 Å². The van der Waals surface area contributed by atoms with Crippen molar-refractivity contribution in [3.8, 4) is 5.75 Å². The molecule has 0 amide bonds. The first-order valence-electron chi connectivity index (χ1n) is 5.28. The molecular formula is C13H13BrN2O. The van der Waals surface area contributed by atoms with E-state index in [0.717, 1.165) is 21.7 Å². The van der Waals surface area contributed by atoms with E-state index in [2.05, 4.69) is 26.2 Å². The molecule has 0 bridgehead atoms. The lowest BCUT2D eigenvalue weighted by molar-refractivity contribution is 0.410. The van der Waals surface area contributed by atoms with Crippen LogP contribution in [-0.2, 0) is 6.54 Å². The summed E-state index contributed by atoms with van der Waals surface area (Å²) in [7, 11) is 1.68. The summed E-state index contributed by atoms with van der Waals surface area (Å²) >= 11 is 3.34. The summed E-state index contributed by atoms with van der Waals surface area (Å²) in [5.41, 5.74) is 1.11. The second-order valence-corrected chi connectivity index (χ2v) is 4.32. The number of hydrogen-bond acceptors (Lipinski definition) is 3. The Morgan fingerprint density at radius 1 is 1.18 bits per heavy atom. The van der Waals surface area contributed by atoms with Gasteiger partial charge in [0.1, 0.15) is 16.2 Å². The van der Waals surface area contributed by atoms with Crippen LogP contribution in [0.15, 0.2) is 47.1 Å². The molecule has 0 spiro atoms. The Labute approximate surface area is 109 Å². The number of aromatic nitrogens is 1. The first-order valence-corrected chi connectivity index (χ1v) is 6.07. The number of hydrogen-bond donors (Lipinski definition) is 1. The van der Waals surface area contributed by atoms with Gasteiger partial charge in [-0.1, -0.05) is 24.3 Å². The molecule has 0 aliphatic heterocycles. The molecule has 0 atom stereocenters. The van der Waals surface area contributed by atoms with E-state index in [1.165, 1.54) is 0 Å². The van der Waals surface area contributed by atoms with Gasteiger partial charge in [0, 0.05) is 12.1 Å². The minimum absolute atomic E-state index is 0.688. The second-order valence-electron chi connectivity index (χ2n) is 3.51. The van der Waals surface area contributed by atoms with Crippen molar-refractivity contribution in [2.75, 3.05) is 12.4 Å². The minimum Gasteiger partial charge on any atom is -0.496 e. The number of pyridine rings is 1. The van der Waals surface area contributed by atoms with Gasteiger partial charge < -0.3 is 10.1 Å². The van der Waals surface area contributed by atoms with Gasteiger partial charge in [0.25, 0.3) is 0 Å². The maximum absolute atomic E-state index is 5.29. The van der Waals surface area contributed by atoms with E-state index in [1.807, 2.05) is 42.5 Å². The van der Waals surface area contributed by atoms with Crippen LogP contribution in [0.5, 0.6) is 5.75 Å². The Kier molecular flexibility index (Phi) is 3.98. The van der Waals surface area contributed by atoms with Crippen LogP contribution >= 0.6 is 15.9 Å². The number of anilines is 1. The highest BCUT2D eigenvalue weighted by molar-refractivity contribution is 9.10. The van der Waals surface area contributed by atoms with Gasteiger partial charge in [-0.05, 0) is 34.1 Å². The van der Waals surface area contributed by atoms with Crippen LogP contribution in [0.2, 0.25) is 0 Å². The quantitative estimate of drug-likeness (QED) is 0.877. The number of para-hydroxylation sites is 1. The van der Waals surface area contributed by atoms with Crippen LogP contribution in [0.1, 0.15) is 5.56 Å². The zero-order chi connectivity index (χ0) is 12.1. The van der Waals surface area contributed by atoms with Crippen molar-refractivity contribution >= 4 is 21.7 Å². The minimum atomic E-state index is 0.688. The van der Waals surface area contributed by atoms with Crippen LogP contribution in [0, 0.1) is 0 Å². The Bertz CT molecular complexity index is 502. The van der Waals surface area contributed by atoms with E-state index in [4.69, 9.17) is 4.74 Å². The third kappa shape index (κ3) is 3.20. The predicted molar refractivity (Wildman–Crippen MR) is 72.3 cm³/mol. The van der Waals surface area contributed by atoms with Gasteiger partial charge in [-0.3, -0.25) is 0 Å². The first kappa shape index (κ1) is 11.9. The highest BCUT2D eigenvalue weighted by Gasteiger charge is 2.01. The van der Waals surface area contributed by atoms with Gasteiger partial charge in [-0.2, -0.15) is 0 Å². The Morgan fingerprint density at radius 2 is 2.00 bits per heavy atom. The molecule has 0 saturated heterocycles. The van der Waals surface area contributed by atoms with Crippen LogP contribution in [0.25, 0.3) is 0 Å². The molecule has 0 aliphatic carbocycles. The van der Waals surface area contributed by atoms with Gasteiger partial charge >= 0.3 is 0 Å². The van der Waals surface area contributed by atoms with Gasteiger partial charge in [0.2, 0.25) is 0 Å². The maximum atomic E-state index is 5.29. The van der Waals surface area contributed by atoms with Crippen molar-refractivity contribution in [3.05, 3.63) is 52.6 Å². The van der Waals surface area contributed by atoms with E-state index < -0.39 is 0 Å². The molecule has 88 valence electrons. The first-order chi connectivity index (χ1) is 8.29. The van der Waals surface area contributed by atoms with E-state index in [1.54, 1.807) is 7.11 Å². The third-order valence-corrected chi connectivity index (χ3v) is 2.81. The van der Waals surface area contributed by atoms with Gasteiger partial charge in [-0.15, -0.1) is 0 Å². The molecule has 2 aromatic rings. The normalized spacial score (nSPS) is 10.0. The lowest BCUT2D eigenvalue weighted by Crippen LogP contribution is -2.02. The topological polar surface area (TPSA) is 34.1 Å². The fourth-order valence-electron chi connectivity index (χ4n) is 1.54. The van der Waals surface area contributed by atoms with Gasteiger partial charge in [0.05, 0.1) is 7.11 Å². The van der Waals surface area contributed by atoms with Crippen molar-refractivity contribution in [2.24, 2.45) is 0 Å². The molecule has 1 aromatic heterocycles. The smallest absolute Gasteiger partial charge is 0.127 e. The fourth-order valence-corrected chi connectivity index (χ4v) is 1.89. The van der Waals surface area contributed by atoms with Crippen molar-refractivity contribution in [3.63, 3.8) is 0 Å². The molecule has 0 radical (unpaired) electrons.